The average molecular weight is 623 g/mol. The Bertz CT molecular complexity index is 1550. The Balaban J connectivity index is 1.53. The lowest BCUT2D eigenvalue weighted by Gasteiger charge is -2.24. The molecule has 1 fully saturated rings. The van der Waals surface area contributed by atoms with E-state index in [0.717, 1.165) is 0 Å². The Hall–Kier alpha value is -4.49. The summed E-state index contributed by atoms with van der Waals surface area (Å²) in [7, 11) is 0. The summed E-state index contributed by atoms with van der Waals surface area (Å²) in [5.74, 6) is -12.4. The molecule has 1 aliphatic rings. The van der Waals surface area contributed by atoms with Crippen LogP contribution in [0.1, 0.15) is 50.0 Å². The van der Waals surface area contributed by atoms with Crippen molar-refractivity contribution in [2.24, 2.45) is 11.8 Å². The van der Waals surface area contributed by atoms with Crippen LogP contribution in [0.3, 0.4) is 0 Å². The molecule has 0 saturated carbocycles. The first-order chi connectivity index (χ1) is 20.8. The van der Waals surface area contributed by atoms with E-state index in [1.807, 2.05) is 13.8 Å². The van der Waals surface area contributed by atoms with Gasteiger partial charge in [-0.1, -0.05) is 13.8 Å². The van der Waals surface area contributed by atoms with E-state index < -0.39 is 77.0 Å². The SMILES string of the molecule is CC(C)CCC(NC(=O)c1cc2cc(F)ccc2[nH]1)C(=O)NC(CC1CCNC1=O)C(=O)COc1c(F)c(F)cc(F)c1F. The van der Waals surface area contributed by atoms with Gasteiger partial charge in [0.15, 0.2) is 23.2 Å². The number of halogens is 5. The van der Waals surface area contributed by atoms with Crippen LogP contribution in [-0.4, -0.2) is 53.7 Å². The largest absolute Gasteiger partial charge is 0.479 e. The molecule has 4 N–H and O–H groups in total. The Morgan fingerprint density at radius 1 is 0.955 bits per heavy atom. The van der Waals surface area contributed by atoms with Crippen LogP contribution in [0.2, 0.25) is 0 Å². The maximum Gasteiger partial charge on any atom is 0.268 e. The second-order valence-electron chi connectivity index (χ2n) is 11.0. The van der Waals surface area contributed by atoms with E-state index in [1.54, 1.807) is 0 Å². The minimum atomic E-state index is -1.84. The molecule has 1 aromatic heterocycles. The fourth-order valence-electron chi connectivity index (χ4n) is 4.85. The van der Waals surface area contributed by atoms with Gasteiger partial charge in [-0.05, 0) is 55.9 Å². The van der Waals surface area contributed by atoms with Gasteiger partial charge < -0.3 is 25.7 Å². The molecule has 9 nitrogen and oxygen atoms in total. The number of ether oxygens (including phenoxy) is 1. The third kappa shape index (κ3) is 7.71. The summed E-state index contributed by atoms with van der Waals surface area (Å²) >= 11 is 0. The maximum absolute atomic E-state index is 14.1. The summed E-state index contributed by atoms with van der Waals surface area (Å²) in [4.78, 5) is 54.8. The lowest BCUT2D eigenvalue weighted by Crippen LogP contribution is -2.53. The average Bonchev–Trinajstić information content (AvgIpc) is 3.58. The van der Waals surface area contributed by atoms with Crippen molar-refractivity contribution in [3.05, 3.63) is 65.1 Å². The highest BCUT2D eigenvalue weighted by Gasteiger charge is 2.34. The zero-order valence-electron chi connectivity index (χ0n) is 23.9. The Morgan fingerprint density at radius 3 is 2.30 bits per heavy atom. The lowest BCUT2D eigenvalue weighted by molar-refractivity contribution is -0.131. The lowest BCUT2D eigenvalue weighted by atomic mass is 9.95. The van der Waals surface area contributed by atoms with Gasteiger partial charge in [0.25, 0.3) is 5.91 Å². The topological polar surface area (TPSA) is 129 Å². The summed E-state index contributed by atoms with van der Waals surface area (Å²) in [6.45, 7) is 3.04. The number of H-pyrrole nitrogens is 1. The quantitative estimate of drug-likeness (QED) is 0.169. The van der Waals surface area contributed by atoms with Crippen LogP contribution < -0.4 is 20.7 Å². The predicted molar refractivity (Wildman–Crippen MR) is 148 cm³/mol. The van der Waals surface area contributed by atoms with Crippen LogP contribution in [-0.2, 0) is 14.4 Å². The van der Waals surface area contributed by atoms with E-state index in [4.69, 9.17) is 4.74 Å². The monoisotopic (exact) mass is 622 g/mol. The number of hydrogen-bond acceptors (Lipinski definition) is 5. The van der Waals surface area contributed by atoms with Gasteiger partial charge in [-0.2, -0.15) is 8.78 Å². The minimum absolute atomic E-state index is 0.0131. The number of aromatic nitrogens is 1. The molecule has 0 bridgehead atoms. The number of fused-ring (bicyclic) bond motifs is 1. The van der Waals surface area contributed by atoms with Crippen molar-refractivity contribution in [2.45, 2.75) is 51.6 Å². The smallest absolute Gasteiger partial charge is 0.268 e. The number of carbonyl (C=O) groups is 4. The van der Waals surface area contributed by atoms with Crippen molar-refractivity contribution < 1.29 is 45.9 Å². The van der Waals surface area contributed by atoms with Crippen molar-refractivity contribution >= 4 is 34.4 Å². The molecule has 236 valence electrons. The Labute approximate surface area is 248 Å². The van der Waals surface area contributed by atoms with Crippen molar-refractivity contribution in [2.75, 3.05) is 13.2 Å². The van der Waals surface area contributed by atoms with Crippen molar-refractivity contribution in [1.29, 1.82) is 0 Å². The fraction of sp³-hybridized carbons (Fsp3) is 0.400. The normalized spacial score (nSPS) is 16.1. The minimum Gasteiger partial charge on any atom is -0.479 e. The highest BCUT2D eigenvalue weighted by atomic mass is 19.2. The number of ketones is 1. The number of amides is 3. The molecule has 14 heteroatoms. The number of nitrogens with one attached hydrogen (secondary N) is 4. The summed E-state index contributed by atoms with van der Waals surface area (Å²) in [5.41, 5.74) is 0.550. The van der Waals surface area contributed by atoms with Gasteiger partial charge in [-0.25, -0.2) is 13.2 Å². The van der Waals surface area contributed by atoms with E-state index in [1.165, 1.54) is 24.3 Å². The molecule has 1 aliphatic heterocycles. The number of aromatic amines is 1. The molecule has 4 rings (SSSR count). The molecular formula is C30H31F5N4O5. The molecule has 2 heterocycles. The van der Waals surface area contributed by atoms with Crippen LogP contribution in [0.25, 0.3) is 10.9 Å². The Kier molecular flexibility index (Phi) is 10.2. The van der Waals surface area contributed by atoms with Gasteiger partial charge in [0, 0.05) is 29.4 Å². The summed E-state index contributed by atoms with van der Waals surface area (Å²) in [5, 5.41) is 8.17. The number of hydrogen-bond donors (Lipinski definition) is 4. The van der Waals surface area contributed by atoms with E-state index >= 15 is 0 Å². The van der Waals surface area contributed by atoms with Crippen LogP contribution in [0.4, 0.5) is 22.0 Å². The summed E-state index contributed by atoms with van der Waals surface area (Å²) in [6, 6.07) is 2.74. The third-order valence-electron chi connectivity index (χ3n) is 7.30. The van der Waals surface area contributed by atoms with Gasteiger partial charge >= 0.3 is 0 Å². The molecule has 0 aliphatic carbocycles. The summed E-state index contributed by atoms with van der Waals surface area (Å²) in [6.07, 6.45) is 0.782. The number of rotatable bonds is 13. The van der Waals surface area contributed by atoms with E-state index in [0.29, 0.717) is 30.3 Å². The third-order valence-corrected chi connectivity index (χ3v) is 7.30. The number of benzene rings is 2. The van der Waals surface area contributed by atoms with Gasteiger partial charge in [0.2, 0.25) is 23.4 Å². The summed E-state index contributed by atoms with van der Waals surface area (Å²) < 4.78 is 73.8. The van der Waals surface area contributed by atoms with Gasteiger partial charge in [-0.15, -0.1) is 0 Å². The zero-order chi connectivity index (χ0) is 32.1. The van der Waals surface area contributed by atoms with Crippen LogP contribution in [0.5, 0.6) is 5.75 Å². The standard InChI is InChI=1S/C30H31F5N4O5/c1-14(2)3-5-21(38-30(43)23-11-16-9-17(31)4-6-20(16)37-23)29(42)39-22(10-15-7-8-36-28(15)41)24(40)13-44-27-25(34)18(32)12-19(33)26(27)35/h4,6,9,11-12,14-15,21-22,37H,3,5,7-8,10,13H2,1-2H3,(H,36,41)(H,38,43)(H,39,42). The second kappa shape index (κ2) is 13.9. The molecule has 2 aromatic carbocycles. The van der Waals surface area contributed by atoms with Crippen molar-refractivity contribution in [3.63, 3.8) is 0 Å². The zero-order valence-corrected chi connectivity index (χ0v) is 23.9. The van der Waals surface area contributed by atoms with Gasteiger partial charge in [0.05, 0.1) is 6.04 Å². The molecule has 3 unspecified atom stereocenters. The molecule has 0 spiro atoms. The predicted octanol–water partition coefficient (Wildman–Crippen LogP) is 4.06. The van der Waals surface area contributed by atoms with Crippen molar-refractivity contribution in [1.82, 2.24) is 20.9 Å². The van der Waals surface area contributed by atoms with E-state index in [2.05, 4.69) is 20.9 Å². The van der Waals surface area contributed by atoms with E-state index in [9.17, 15) is 41.1 Å². The first-order valence-corrected chi connectivity index (χ1v) is 14.0. The van der Waals surface area contributed by atoms with Crippen molar-refractivity contribution in [3.8, 4) is 5.75 Å². The molecule has 3 amide bonds. The molecule has 3 atom stereocenters. The first-order valence-electron chi connectivity index (χ1n) is 14.0. The second-order valence-corrected chi connectivity index (χ2v) is 11.0. The van der Waals surface area contributed by atoms with Crippen LogP contribution in [0.15, 0.2) is 30.3 Å². The molecular weight excluding hydrogens is 591 g/mol. The highest BCUT2D eigenvalue weighted by molar-refractivity contribution is 6.01. The van der Waals surface area contributed by atoms with Gasteiger partial charge in [-0.3, -0.25) is 19.2 Å². The first kappa shape index (κ1) is 32.4. The number of carbonyl (C=O) groups excluding carboxylic acids is 4. The van der Waals surface area contributed by atoms with Gasteiger partial charge in [0.1, 0.15) is 24.2 Å². The van der Waals surface area contributed by atoms with Crippen LogP contribution >= 0.6 is 0 Å². The molecule has 0 radical (unpaired) electrons. The maximum atomic E-state index is 14.1. The highest BCUT2D eigenvalue weighted by Crippen LogP contribution is 2.27. The van der Waals surface area contributed by atoms with Crippen LogP contribution in [0, 0.1) is 40.9 Å². The Morgan fingerprint density at radius 2 is 1.66 bits per heavy atom. The fourth-order valence-corrected chi connectivity index (χ4v) is 4.85. The van der Waals surface area contributed by atoms with E-state index in [-0.39, 0.29) is 36.4 Å². The molecule has 1 saturated heterocycles. The number of Topliss-reactive ketones (excluding diaryl/α,β-unsaturated/α-hetero) is 1. The molecule has 44 heavy (non-hydrogen) atoms. The molecule has 3 aromatic rings.